The van der Waals surface area contributed by atoms with Gasteiger partial charge in [0.25, 0.3) is 0 Å². The minimum absolute atomic E-state index is 0.0130. The van der Waals surface area contributed by atoms with E-state index >= 15 is 0 Å². The van der Waals surface area contributed by atoms with E-state index in [1.807, 2.05) is 6.07 Å². The van der Waals surface area contributed by atoms with Crippen LogP contribution in [0.1, 0.15) is 38.2 Å². The molecular formula is C25H33ClN4O2. The summed E-state index contributed by atoms with van der Waals surface area (Å²) in [6.07, 6.45) is 13.9. The van der Waals surface area contributed by atoms with Crippen molar-refractivity contribution in [3.63, 3.8) is 0 Å². The van der Waals surface area contributed by atoms with Crippen LogP contribution in [0.25, 0.3) is 5.57 Å². The smallest absolute Gasteiger partial charge is 0.229 e. The Morgan fingerprint density at radius 1 is 1.31 bits per heavy atom. The minimum atomic E-state index is -0.0352. The largest absolute Gasteiger partial charge is 0.385 e. The molecule has 7 heteroatoms. The topological polar surface area (TPSA) is 75.3 Å². The van der Waals surface area contributed by atoms with Crippen molar-refractivity contribution < 1.29 is 9.53 Å². The number of piperidine rings is 1. The van der Waals surface area contributed by atoms with Gasteiger partial charge in [-0.1, -0.05) is 36.8 Å². The third kappa shape index (κ3) is 6.21. The number of amides is 1. The lowest BCUT2D eigenvalue weighted by atomic mass is 9.91. The molecule has 0 aromatic carbocycles. The second-order valence-corrected chi connectivity index (χ2v) is 9.49. The number of carbonyl (C=O) groups excluding carboxylic acids is 1. The van der Waals surface area contributed by atoms with Crippen LogP contribution in [0.5, 0.6) is 0 Å². The van der Waals surface area contributed by atoms with Crippen LogP contribution >= 0.6 is 11.6 Å². The molecule has 2 saturated heterocycles. The lowest BCUT2D eigenvalue weighted by Gasteiger charge is -2.26. The van der Waals surface area contributed by atoms with E-state index in [2.05, 4.69) is 52.2 Å². The first kappa shape index (κ1) is 23.0. The van der Waals surface area contributed by atoms with E-state index in [1.54, 1.807) is 6.20 Å². The second kappa shape index (κ2) is 11.1. The summed E-state index contributed by atoms with van der Waals surface area (Å²) < 4.78 is 5.45. The number of hydrogen-bond acceptors (Lipinski definition) is 5. The molecule has 172 valence electrons. The number of allylic oxidation sites excluding steroid dienone is 5. The molecule has 32 heavy (non-hydrogen) atoms. The number of hydrogen-bond donors (Lipinski definition) is 3. The number of pyridine rings is 1. The average molecular weight is 457 g/mol. The van der Waals surface area contributed by atoms with Crippen molar-refractivity contribution in [2.24, 2.45) is 17.8 Å². The van der Waals surface area contributed by atoms with Crippen LogP contribution in [0.2, 0.25) is 5.02 Å². The highest BCUT2D eigenvalue weighted by atomic mass is 35.5. The summed E-state index contributed by atoms with van der Waals surface area (Å²) in [4.78, 5) is 17.1. The molecule has 0 spiro atoms. The summed E-state index contributed by atoms with van der Waals surface area (Å²) in [7, 11) is 0. The lowest BCUT2D eigenvalue weighted by molar-refractivity contribution is -0.120. The van der Waals surface area contributed by atoms with Gasteiger partial charge in [-0.3, -0.25) is 4.79 Å². The Morgan fingerprint density at radius 3 is 2.97 bits per heavy atom. The zero-order valence-electron chi connectivity index (χ0n) is 18.7. The molecule has 0 unspecified atom stereocenters. The molecule has 2 fully saturated rings. The van der Waals surface area contributed by atoms with Crippen LogP contribution in [-0.2, 0) is 9.53 Å². The summed E-state index contributed by atoms with van der Waals surface area (Å²) in [6.45, 7) is 6.54. The van der Waals surface area contributed by atoms with Gasteiger partial charge in [0, 0.05) is 43.8 Å². The van der Waals surface area contributed by atoms with Gasteiger partial charge in [0.15, 0.2) is 0 Å². The van der Waals surface area contributed by atoms with Crippen LogP contribution in [0.3, 0.4) is 0 Å². The third-order valence-electron chi connectivity index (χ3n) is 6.44. The van der Waals surface area contributed by atoms with Gasteiger partial charge in [0.2, 0.25) is 5.91 Å². The van der Waals surface area contributed by atoms with E-state index < -0.39 is 0 Å². The highest BCUT2D eigenvalue weighted by Gasteiger charge is 2.25. The first-order valence-electron chi connectivity index (χ1n) is 11.6. The van der Waals surface area contributed by atoms with Crippen LogP contribution < -0.4 is 16.0 Å². The summed E-state index contributed by atoms with van der Waals surface area (Å²) in [5.41, 5.74) is 3.12. The van der Waals surface area contributed by atoms with E-state index in [-0.39, 0.29) is 11.8 Å². The number of anilines is 1. The number of aromatic nitrogens is 1. The van der Waals surface area contributed by atoms with E-state index in [1.165, 1.54) is 0 Å². The van der Waals surface area contributed by atoms with Gasteiger partial charge >= 0.3 is 0 Å². The van der Waals surface area contributed by atoms with E-state index in [0.717, 1.165) is 68.8 Å². The molecule has 3 N–H and O–H groups in total. The Labute approximate surface area is 195 Å². The first-order valence-corrected chi connectivity index (χ1v) is 12.0. The average Bonchev–Trinajstić information content (AvgIpc) is 3.05. The van der Waals surface area contributed by atoms with E-state index in [4.69, 9.17) is 16.3 Å². The normalized spacial score (nSPS) is 24.3. The fraction of sp³-hybridized carbons (Fsp3) is 0.520. The number of carbonyl (C=O) groups is 1. The molecule has 1 aliphatic carbocycles. The summed E-state index contributed by atoms with van der Waals surface area (Å²) in [6, 6.07) is 1.88. The SMILES string of the molecule is C[C@H]1CNC[C@@H](C(=O)Nc2cc(C3=CC=CC(NCC4CCOCC4)=CC3)c(Cl)cn2)C1. The van der Waals surface area contributed by atoms with E-state index in [9.17, 15) is 4.79 Å². The number of rotatable bonds is 6. The molecule has 0 bridgehead atoms. The Morgan fingerprint density at radius 2 is 2.16 bits per heavy atom. The molecule has 1 amide bonds. The van der Waals surface area contributed by atoms with Gasteiger partial charge < -0.3 is 20.7 Å². The minimum Gasteiger partial charge on any atom is -0.385 e. The first-order chi connectivity index (χ1) is 15.6. The molecule has 4 rings (SSSR count). The molecule has 3 aliphatic rings. The van der Waals surface area contributed by atoms with Crippen molar-refractivity contribution in [2.45, 2.75) is 32.6 Å². The summed E-state index contributed by atoms with van der Waals surface area (Å²) in [5, 5.41) is 10.5. The monoisotopic (exact) mass is 456 g/mol. The molecule has 6 nitrogen and oxygen atoms in total. The maximum Gasteiger partial charge on any atom is 0.229 e. The zero-order chi connectivity index (χ0) is 22.3. The van der Waals surface area contributed by atoms with Gasteiger partial charge in [0.05, 0.1) is 10.9 Å². The molecule has 3 heterocycles. The Hall–Kier alpha value is -2.15. The van der Waals surface area contributed by atoms with Crippen molar-refractivity contribution >= 4 is 28.9 Å². The van der Waals surface area contributed by atoms with Gasteiger partial charge in [-0.05, 0) is 61.8 Å². The predicted molar refractivity (Wildman–Crippen MR) is 129 cm³/mol. The molecule has 1 aromatic heterocycles. The predicted octanol–water partition coefficient (Wildman–Crippen LogP) is 4.16. The van der Waals surface area contributed by atoms with Crippen LogP contribution in [0.4, 0.5) is 5.82 Å². The van der Waals surface area contributed by atoms with Gasteiger partial charge in [0.1, 0.15) is 5.82 Å². The highest BCUT2D eigenvalue weighted by Crippen LogP contribution is 2.30. The van der Waals surface area contributed by atoms with Crippen LogP contribution in [0, 0.1) is 17.8 Å². The lowest BCUT2D eigenvalue weighted by Crippen LogP contribution is -2.41. The number of nitrogens with one attached hydrogen (secondary N) is 3. The standard InChI is InChI=1S/C25H33ClN4O2/c1-17-11-20(15-27-13-17)25(31)30-24-12-22(23(26)16-29-24)19-3-2-4-21(6-5-19)28-14-18-7-9-32-10-8-18/h2-4,6,12,16-18,20,27-28H,5,7-11,13-15H2,1H3,(H,29,30,31)/t17-,20+/m1/s1. The Balaban J connectivity index is 1.38. The second-order valence-electron chi connectivity index (χ2n) is 9.09. The molecule has 0 saturated carbocycles. The Kier molecular flexibility index (Phi) is 8.00. The van der Waals surface area contributed by atoms with Gasteiger partial charge in [-0.2, -0.15) is 0 Å². The summed E-state index contributed by atoms with van der Waals surface area (Å²) >= 11 is 6.49. The zero-order valence-corrected chi connectivity index (χ0v) is 19.5. The fourth-order valence-corrected chi connectivity index (χ4v) is 4.73. The van der Waals surface area contributed by atoms with Crippen molar-refractivity contribution in [3.8, 4) is 0 Å². The maximum atomic E-state index is 12.7. The van der Waals surface area contributed by atoms with Crippen LogP contribution in [-0.4, -0.2) is 43.7 Å². The molecule has 2 aliphatic heterocycles. The molecule has 1 aromatic rings. The fourth-order valence-electron chi connectivity index (χ4n) is 4.50. The number of nitrogens with zero attached hydrogens (tertiary/aromatic N) is 1. The molecule has 2 atom stereocenters. The molecule has 0 radical (unpaired) electrons. The van der Waals surface area contributed by atoms with Crippen molar-refractivity contribution in [2.75, 3.05) is 38.2 Å². The number of ether oxygens (including phenoxy) is 1. The van der Waals surface area contributed by atoms with Crippen molar-refractivity contribution in [3.05, 3.63) is 52.9 Å². The van der Waals surface area contributed by atoms with Gasteiger partial charge in [-0.25, -0.2) is 4.98 Å². The number of halogens is 1. The van der Waals surface area contributed by atoms with Crippen molar-refractivity contribution in [1.82, 2.24) is 15.6 Å². The molecular weight excluding hydrogens is 424 g/mol. The van der Waals surface area contributed by atoms with Crippen LogP contribution in [0.15, 0.2) is 42.3 Å². The highest BCUT2D eigenvalue weighted by molar-refractivity contribution is 6.32. The third-order valence-corrected chi connectivity index (χ3v) is 6.75. The van der Waals surface area contributed by atoms with E-state index in [0.29, 0.717) is 29.2 Å². The quantitative estimate of drug-likeness (QED) is 0.599. The maximum absolute atomic E-state index is 12.7. The summed E-state index contributed by atoms with van der Waals surface area (Å²) in [5.74, 6) is 1.68. The van der Waals surface area contributed by atoms with Crippen molar-refractivity contribution in [1.29, 1.82) is 0 Å². The van der Waals surface area contributed by atoms with Gasteiger partial charge in [-0.15, -0.1) is 0 Å². The Bertz CT molecular complexity index is 905.